The number of carbonyl (C=O) groups excluding carboxylic acids is 1. The second-order valence-electron chi connectivity index (χ2n) is 7.93. The Balaban J connectivity index is 1.69. The van der Waals surface area contributed by atoms with Gasteiger partial charge in [-0.2, -0.15) is 0 Å². The van der Waals surface area contributed by atoms with Crippen LogP contribution in [-0.4, -0.2) is 77.8 Å². The molecule has 3 N–H and O–H groups in total. The monoisotopic (exact) mass is 593 g/mol. The first kappa shape index (κ1) is 30.7. The summed E-state index contributed by atoms with van der Waals surface area (Å²) in [5.74, 6) is 0.464. The average molecular weight is 594 g/mol. The summed E-state index contributed by atoms with van der Waals surface area (Å²) in [7, 11) is 0. The third-order valence-corrected chi connectivity index (χ3v) is 5.55. The van der Waals surface area contributed by atoms with Crippen molar-refractivity contribution < 1.29 is 38.8 Å². The fourth-order valence-electron chi connectivity index (χ4n) is 3.27. The molecule has 1 aromatic carbocycles. The minimum Gasteiger partial charge on any atom is -0.491 e. The zero-order chi connectivity index (χ0) is 27.8. The van der Waals surface area contributed by atoms with Crippen molar-refractivity contribution in [3.63, 3.8) is 0 Å². The molecule has 1 unspecified atom stereocenters. The highest BCUT2D eigenvalue weighted by Gasteiger charge is 2.18. The molecule has 0 aliphatic carbocycles. The zero-order valence-corrected chi connectivity index (χ0v) is 22.6. The highest BCUT2D eigenvalue weighted by molar-refractivity contribution is 9.10. The predicted octanol–water partition coefficient (Wildman–Crippen LogP) is 4.58. The number of benzene rings is 1. The highest BCUT2D eigenvalue weighted by Crippen LogP contribution is 2.22. The maximum Gasteiger partial charge on any atom is 0.416 e. The van der Waals surface area contributed by atoms with Crippen molar-refractivity contribution in [2.24, 2.45) is 0 Å². The summed E-state index contributed by atoms with van der Waals surface area (Å²) in [4.78, 5) is 38.4. The number of aromatic nitrogens is 1. The molecular formula is C26H32BrN3O8. The number of ether oxygens (including phenoxy) is 3. The first-order valence-electron chi connectivity index (χ1n) is 12.0. The number of carbonyl (C=O) groups is 3. The number of imide groups is 1. The number of nitrogens with zero attached hydrogens (tertiary/aromatic N) is 2. The number of nitrogens with one attached hydrogen (secondary N) is 1. The van der Waals surface area contributed by atoms with E-state index in [1.54, 1.807) is 6.08 Å². The van der Waals surface area contributed by atoms with Gasteiger partial charge in [0.2, 0.25) is 5.91 Å². The first-order valence-corrected chi connectivity index (χ1v) is 12.8. The average Bonchev–Trinajstić information content (AvgIpc) is 2.88. The number of carboxylic acid groups (broad SMARTS) is 2. The van der Waals surface area contributed by atoms with Crippen molar-refractivity contribution in [1.29, 1.82) is 0 Å². The van der Waals surface area contributed by atoms with Crippen molar-refractivity contribution in [2.75, 3.05) is 39.6 Å². The summed E-state index contributed by atoms with van der Waals surface area (Å²) in [6.07, 6.45) is 1.74. The molecule has 206 valence electrons. The number of pyridine rings is 1. The van der Waals surface area contributed by atoms with Crippen LogP contribution in [0.15, 0.2) is 53.1 Å². The Hall–Kier alpha value is -3.48. The van der Waals surface area contributed by atoms with Gasteiger partial charge in [-0.15, -0.1) is 0 Å². The molecule has 38 heavy (non-hydrogen) atoms. The molecule has 1 heterocycles. The Labute approximate surface area is 229 Å². The van der Waals surface area contributed by atoms with Gasteiger partial charge in [-0.1, -0.05) is 31.5 Å². The van der Waals surface area contributed by atoms with Crippen molar-refractivity contribution in [3.05, 3.63) is 64.4 Å². The van der Waals surface area contributed by atoms with Crippen LogP contribution in [-0.2, 0) is 14.3 Å². The van der Waals surface area contributed by atoms with Gasteiger partial charge in [-0.05, 0) is 58.3 Å². The van der Waals surface area contributed by atoms with E-state index in [0.717, 1.165) is 18.4 Å². The van der Waals surface area contributed by atoms with E-state index in [1.807, 2.05) is 42.5 Å². The molecule has 0 aliphatic heterocycles. The molecule has 2 aromatic rings. The van der Waals surface area contributed by atoms with E-state index >= 15 is 0 Å². The highest BCUT2D eigenvalue weighted by atomic mass is 79.9. The molecule has 2 rings (SSSR count). The van der Waals surface area contributed by atoms with Crippen LogP contribution in [0.25, 0.3) is 6.08 Å². The Morgan fingerprint density at radius 1 is 1.00 bits per heavy atom. The van der Waals surface area contributed by atoms with Gasteiger partial charge in [0.15, 0.2) is 0 Å². The van der Waals surface area contributed by atoms with E-state index in [9.17, 15) is 14.4 Å². The lowest BCUT2D eigenvalue weighted by Gasteiger charge is -2.18. The van der Waals surface area contributed by atoms with E-state index in [0.29, 0.717) is 29.3 Å². The van der Waals surface area contributed by atoms with Crippen LogP contribution in [0.4, 0.5) is 9.59 Å². The Bertz CT molecular complexity index is 1050. The van der Waals surface area contributed by atoms with Gasteiger partial charge >= 0.3 is 12.2 Å². The first-order chi connectivity index (χ1) is 18.3. The van der Waals surface area contributed by atoms with E-state index in [1.165, 1.54) is 6.08 Å². The zero-order valence-electron chi connectivity index (χ0n) is 21.0. The van der Waals surface area contributed by atoms with Crippen LogP contribution in [0.2, 0.25) is 0 Å². The largest absolute Gasteiger partial charge is 0.491 e. The van der Waals surface area contributed by atoms with E-state index in [4.69, 9.17) is 24.4 Å². The Morgan fingerprint density at radius 2 is 1.66 bits per heavy atom. The molecule has 0 saturated heterocycles. The van der Waals surface area contributed by atoms with Gasteiger partial charge in [0, 0.05) is 6.08 Å². The smallest absolute Gasteiger partial charge is 0.416 e. The van der Waals surface area contributed by atoms with Crippen LogP contribution in [0.3, 0.4) is 0 Å². The Kier molecular flexibility index (Phi) is 13.8. The predicted molar refractivity (Wildman–Crippen MR) is 143 cm³/mol. The maximum atomic E-state index is 12.5. The molecule has 0 saturated carbocycles. The van der Waals surface area contributed by atoms with Crippen molar-refractivity contribution in [1.82, 2.24) is 15.2 Å². The van der Waals surface area contributed by atoms with Crippen molar-refractivity contribution in [3.8, 4) is 5.75 Å². The molecule has 1 atom stereocenters. The van der Waals surface area contributed by atoms with E-state index in [-0.39, 0.29) is 43.2 Å². The van der Waals surface area contributed by atoms with Crippen molar-refractivity contribution in [2.45, 2.75) is 25.8 Å². The second kappa shape index (κ2) is 17.1. The third kappa shape index (κ3) is 11.7. The topological polar surface area (TPSA) is 148 Å². The number of rotatable bonds is 16. The fraction of sp³-hybridized carbons (Fsp3) is 0.385. The molecular weight excluding hydrogens is 562 g/mol. The van der Waals surface area contributed by atoms with Gasteiger partial charge in [-0.25, -0.2) is 19.5 Å². The van der Waals surface area contributed by atoms with Crippen LogP contribution in [0.5, 0.6) is 5.75 Å². The van der Waals surface area contributed by atoms with Gasteiger partial charge in [0.05, 0.1) is 44.7 Å². The standard InChI is InChI=1S/C26H32BrN3O8/c1-2-4-22(29-24(31)12-9-20-5-3-6-23(27)28-20)19-7-10-21(11-8-19)38-18-17-37-16-15-36-14-13-30(25(32)33)26(34)35/h3,5-12,22H,2,4,13-18H2,1H3,(H,29,31)(H,32,33)(H,34,35)/b12-9+. The fourth-order valence-corrected chi connectivity index (χ4v) is 3.63. The van der Waals surface area contributed by atoms with Crippen LogP contribution in [0, 0.1) is 0 Å². The van der Waals surface area contributed by atoms with Gasteiger partial charge in [0.25, 0.3) is 0 Å². The van der Waals surface area contributed by atoms with E-state index in [2.05, 4.69) is 33.2 Å². The van der Waals surface area contributed by atoms with Crippen molar-refractivity contribution >= 4 is 40.1 Å². The summed E-state index contributed by atoms with van der Waals surface area (Å²) >= 11 is 3.31. The molecule has 12 heteroatoms. The molecule has 0 fully saturated rings. The van der Waals surface area contributed by atoms with Crippen LogP contribution in [0.1, 0.15) is 37.1 Å². The maximum absolute atomic E-state index is 12.5. The summed E-state index contributed by atoms with van der Waals surface area (Å²) in [6, 6.07) is 12.9. The second-order valence-corrected chi connectivity index (χ2v) is 8.74. The van der Waals surface area contributed by atoms with Gasteiger partial charge < -0.3 is 29.7 Å². The number of hydrogen-bond acceptors (Lipinski definition) is 7. The molecule has 1 aromatic heterocycles. The molecule has 11 nitrogen and oxygen atoms in total. The summed E-state index contributed by atoms with van der Waals surface area (Å²) in [6.45, 7) is 2.82. The lowest BCUT2D eigenvalue weighted by atomic mass is 10.0. The molecule has 3 amide bonds. The molecule has 0 aliphatic rings. The number of hydrogen-bond donors (Lipinski definition) is 3. The lowest BCUT2D eigenvalue weighted by Crippen LogP contribution is -2.37. The summed E-state index contributed by atoms with van der Waals surface area (Å²) in [5, 5.41) is 20.5. The Morgan fingerprint density at radius 3 is 2.29 bits per heavy atom. The SMILES string of the molecule is CCCC(NC(=O)/C=C/c1cccc(Br)n1)c1ccc(OCCOCCOCCN(C(=O)O)C(=O)O)cc1. The number of amides is 3. The third-order valence-electron chi connectivity index (χ3n) is 5.11. The molecule has 0 spiro atoms. The van der Waals surface area contributed by atoms with Gasteiger partial charge in [-0.3, -0.25) is 4.79 Å². The summed E-state index contributed by atoms with van der Waals surface area (Å²) < 4.78 is 17.0. The molecule has 0 bridgehead atoms. The quantitative estimate of drug-likeness (QED) is 0.144. The minimum absolute atomic E-state index is 0.0528. The van der Waals surface area contributed by atoms with Gasteiger partial charge in [0.1, 0.15) is 17.0 Å². The van der Waals surface area contributed by atoms with Crippen LogP contribution >= 0.6 is 15.9 Å². The normalized spacial score (nSPS) is 11.7. The molecule has 0 radical (unpaired) electrons. The number of halogens is 1. The summed E-state index contributed by atoms with van der Waals surface area (Å²) in [5.41, 5.74) is 1.65. The van der Waals surface area contributed by atoms with E-state index < -0.39 is 12.2 Å². The minimum atomic E-state index is -1.55. The van der Waals surface area contributed by atoms with Crippen LogP contribution < -0.4 is 10.1 Å². The lowest BCUT2D eigenvalue weighted by molar-refractivity contribution is -0.117.